The number of rotatable bonds is 5. The fourth-order valence-electron chi connectivity index (χ4n) is 6.96. The van der Waals surface area contributed by atoms with Crippen molar-refractivity contribution in [2.45, 2.75) is 93.7 Å². The Labute approximate surface area is 226 Å². The summed E-state index contributed by atoms with van der Waals surface area (Å²) in [6, 6.07) is 5.47. The van der Waals surface area contributed by atoms with Crippen LogP contribution in [0.15, 0.2) is 29.3 Å². The predicted molar refractivity (Wildman–Crippen MR) is 149 cm³/mol. The van der Waals surface area contributed by atoms with E-state index in [-0.39, 0.29) is 22.6 Å². The van der Waals surface area contributed by atoms with Crippen LogP contribution in [0.5, 0.6) is 0 Å². The molecule has 2 aliphatic heterocycles. The highest BCUT2D eigenvalue weighted by molar-refractivity contribution is 7.92. The van der Waals surface area contributed by atoms with Gasteiger partial charge in [0.05, 0.1) is 15.6 Å². The van der Waals surface area contributed by atoms with Gasteiger partial charge in [0.25, 0.3) is 0 Å². The van der Waals surface area contributed by atoms with Crippen LogP contribution in [0, 0.1) is 12.3 Å². The molecule has 4 aliphatic rings. The molecule has 0 atom stereocenters. The van der Waals surface area contributed by atoms with Gasteiger partial charge in [-0.05, 0) is 109 Å². The first-order chi connectivity index (χ1) is 18.0. The first-order valence-electron chi connectivity index (χ1n) is 14.0. The largest absolute Gasteiger partial charge is 0.324 e. The number of fused-ring (bicyclic) bond motifs is 1. The number of sulfone groups is 1. The maximum atomic E-state index is 13.4. The lowest BCUT2D eigenvalue weighted by Gasteiger charge is -2.51. The molecule has 3 fully saturated rings. The molecule has 9 heteroatoms. The summed E-state index contributed by atoms with van der Waals surface area (Å²) in [4.78, 5) is 27.3. The van der Waals surface area contributed by atoms with Crippen LogP contribution in [0.1, 0.15) is 76.3 Å². The van der Waals surface area contributed by atoms with E-state index in [2.05, 4.69) is 22.2 Å². The molecular formula is C29H39N5O3S. The van der Waals surface area contributed by atoms with Crippen LogP contribution in [0.2, 0.25) is 0 Å². The molecule has 204 valence electrons. The summed E-state index contributed by atoms with van der Waals surface area (Å²) >= 11 is 0. The number of carbonyl (C=O) groups is 1. The van der Waals surface area contributed by atoms with E-state index in [1.807, 2.05) is 31.7 Å². The number of benzene rings is 1. The van der Waals surface area contributed by atoms with Crippen molar-refractivity contribution in [2.24, 2.45) is 5.41 Å². The molecule has 6 rings (SSSR count). The Kier molecular flexibility index (Phi) is 6.11. The van der Waals surface area contributed by atoms with Gasteiger partial charge in [0.15, 0.2) is 9.84 Å². The van der Waals surface area contributed by atoms with E-state index in [9.17, 15) is 13.2 Å². The Hall–Kier alpha value is -2.52. The number of hydrogen-bond acceptors (Lipinski definition) is 7. The fraction of sp³-hybridized carbons (Fsp3) is 0.621. The highest BCUT2D eigenvalue weighted by Gasteiger charge is 2.51. The van der Waals surface area contributed by atoms with Crippen LogP contribution in [-0.4, -0.2) is 60.6 Å². The summed E-state index contributed by atoms with van der Waals surface area (Å²) in [5.74, 6) is 1.21. The zero-order chi connectivity index (χ0) is 26.9. The molecule has 1 aromatic heterocycles. The zero-order valence-electron chi connectivity index (χ0n) is 23.0. The van der Waals surface area contributed by atoms with E-state index in [4.69, 9.17) is 4.98 Å². The van der Waals surface area contributed by atoms with Crippen LogP contribution in [0.4, 0.5) is 17.5 Å². The minimum atomic E-state index is -3.36. The highest BCUT2D eigenvalue weighted by Crippen LogP contribution is 2.52. The van der Waals surface area contributed by atoms with Gasteiger partial charge in [-0.2, -0.15) is 4.98 Å². The Morgan fingerprint density at radius 1 is 1.08 bits per heavy atom. The summed E-state index contributed by atoms with van der Waals surface area (Å²) in [7, 11) is -1.23. The number of aryl methyl sites for hydroxylation is 1. The molecule has 38 heavy (non-hydrogen) atoms. The molecule has 1 aromatic carbocycles. The summed E-state index contributed by atoms with van der Waals surface area (Å²) < 4.78 is 26.8. The minimum Gasteiger partial charge on any atom is -0.324 e. The van der Waals surface area contributed by atoms with E-state index >= 15 is 0 Å². The van der Waals surface area contributed by atoms with E-state index in [0.29, 0.717) is 16.7 Å². The number of likely N-dealkylation sites (tertiary alicyclic amines) is 1. The topological polar surface area (TPSA) is 95.5 Å². The average Bonchev–Trinajstić information content (AvgIpc) is 3.44. The standard InChI is InChI=1S/C29H39N5O3S/c1-19-15-21(38(36,37)22-16-29(17-22)11-13-33(4)14-12-29)9-10-24(19)31-27-30-18-23-25(32-27)34(20-7-5-6-8-20)26(35)28(23,2)3/h9-10,15,18,20,22H,5-8,11-14,16-17H2,1-4H3,(H,30,31,32). The molecule has 1 spiro atoms. The van der Waals surface area contributed by atoms with Gasteiger partial charge in [0.2, 0.25) is 11.9 Å². The van der Waals surface area contributed by atoms with Gasteiger partial charge in [0, 0.05) is 23.5 Å². The molecule has 0 bridgehead atoms. The maximum absolute atomic E-state index is 13.4. The summed E-state index contributed by atoms with van der Waals surface area (Å²) in [6.07, 6.45) is 9.78. The number of hydrogen-bond donors (Lipinski definition) is 1. The number of nitrogens with zero attached hydrogens (tertiary/aromatic N) is 4. The molecule has 3 heterocycles. The Balaban J connectivity index is 1.20. The average molecular weight is 538 g/mol. The van der Waals surface area contributed by atoms with Crippen molar-refractivity contribution < 1.29 is 13.2 Å². The number of amides is 1. The van der Waals surface area contributed by atoms with Crippen LogP contribution in [-0.2, 0) is 20.0 Å². The van der Waals surface area contributed by atoms with Gasteiger partial charge in [-0.15, -0.1) is 0 Å². The summed E-state index contributed by atoms with van der Waals surface area (Å²) in [5.41, 5.74) is 2.03. The van der Waals surface area contributed by atoms with E-state index in [1.165, 1.54) is 0 Å². The van der Waals surface area contributed by atoms with Crippen molar-refractivity contribution in [3.05, 3.63) is 35.5 Å². The zero-order valence-corrected chi connectivity index (χ0v) is 23.8. The van der Waals surface area contributed by atoms with Crippen LogP contribution < -0.4 is 10.2 Å². The Bertz CT molecular complexity index is 1370. The highest BCUT2D eigenvalue weighted by atomic mass is 32.2. The lowest BCUT2D eigenvalue weighted by atomic mass is 9.63. The lowest BCUT2D eigenvalue weighted by Crippen LogP contribution is -2.50. The first-order valence-corrected chi connectivity index (χ1v) is 15.6. The number of piperidine rings is 1. The van der Waals surface area contributed by atoms with Gasteiger partial charge >= 0.3 is 0 Å². The number of nitrogens with one attached hydrogen (secondary N) is 1. The third-order valence-corrected chi connectivity index (χ3v) is 11.8. The van der Waals surface area contributed by atoms with E-state index in [1.54, 1.807) is 18.3 Å². The monoisotopic (exact) mass is 537 g/mol. The van der Waals surface area contributed by atoms with Crippen LogP contribution >= 0.6 is 0 Å². The van der Waals surface area contributed by atoms with Crippen LogP contribution in [0.25, 0.3) is 0 Å². The van der Waals surface area contributed by atoms with Gasteiger partial charge in [0.1, 0.15) is 5.82 Å². The van der Waals surface area contributed by atoms with Crippen LogP contribution in [0.3, 0.4) is 0 Å². The lowest BCUT2D eigenvalue weighted by molar-refractivity contribution is -0.122. The number of carbonyl (C=O) groups excluding carboxylic acids is 1. The van der Waals surface area contributed by atoms with Gasteiger partial charge < -0.3 is 10.2 Å². The SMILES string of the molecule is Cc1cc(S(=O)(=O)C2CC3(CCN(C)CC3)C2)ccc1Nc1ncc2c(n1)N(C1CCCC1)C(=O)C2(C)C. The van der Waals surface area contributed by atoms with Gasteiger partial charge in [-0.3, -0.25) is 9.69 Å². The molecule has 1 amide bonds. The van der Waals surface area contributed by atoms with Gasteiger partial charge in [-0.1, -0.05) is 12.8 Å². The minimum absolute atomic E-state index is 0.0922. The summed E-state index contributed by atoms with van der Waals surface area (Å²) in [6.45, 7) is 7.91. The molecule has 8 nitrogen and oxygen atoms in total. The molecule has 0 unspecified atom stereocenters. The van der Waals surface area contributed by atoms with Crippen molar-refractivity contribution in [1.29, 1.82) is 0 Å². The number of aromatic nitrogens is 2. The molecular weight excluding hydrogens is 498 g/mol. The molecule has 2 aliphatic carbocycles. The third kappa shape index (κ3) is 4.13. The normalized spacial score (nSPS) is 23.6. The fourth-order valence-corrected chi connectivity index (χ4v) is 9.09. The molecule has 2 saturated carbocycles. The predicted octanol–water partition coefficient (Wildman–Crippen LogP) is 4.74. The first kappa shape index (κ1) is 25.7. The van der Waals surface area contributed by atoms with E-state index < -0.39 is 15.3 Å². The van der Waals surface area contributed by atoms with Crippen molar-refractivity contribution in [3.63, 3.8) is 0 Å². The second kappa shape index (κ2) is 9.01. The smallest absolute Gasteiger partial charge is 0.238 e. The second-order valence-electron chi connectivity index (χ2n) is 12.6. The maximum Gasteiger partial charge on any atom is 0.238 e. The van der Waals surface area contributed by atoms with E-state index in [0.717, 1.165) is 81.3 Å². The molecule has 0 radical (unpaired) electrons. The van der Waals surface area contributed by atoms with Crippen molar-refractivity contribution in [3.8, 4) is 0 Å². The second-order valence-corrected chi connectivity index (χ2v) is 14.9. The third-order valence-electron chi connectivity index (χ3n) is 9.69. The molecule has 2 aromatic rings. The summed E-state index contributed by atoms with van der Waals surface area (Å²) in [5, 5.41) is 3.00. The van der Waals surface area contributed by atoms with Crippen molar-refractivity contribution in [2.75, 3.05) is 30.4 Å². The molecule has 1 N–H and O–H groups in total. The van der Waals surface area contributed by atoms with Gasteiger partial charge in [-0.25, -0.2) is 13.4 Å². The number of anilines is 3. The molecule has 1 saturated heterocycles. The Morgan fingerprint density at radius 2 is 1.76 bits per heavy atom. The quantitative estimate of drug-likeness (QED) is 0.588. The van der Waals surface area contributed by atoms with Crippen molar-refractivity contribution >= 4 is 33.2 Å². The Morgan fingerprint density at radius 3 is 2.42 bits per heavy atom. The van der Waals surface area contributed by atoms with Crippen molar-refractivity contribution in [1.82, 2.24) is 14.9 Å².